The Balaban J connectivity index is 3.37. The minimum Gasteiger partial charge on any atom is -0.496 e. The van der Waals surface area contributed by atoms with Gasteiger partial charge in [0.15, 0.2) is 0 Å². The molecule has 1 rings (SSSR count). The lowest BCUT2D eigenvalue weighted by molar-refractivity contribution is 0.184. The minimum absolute atomic E-state index is 0.417. The fraction of sp³-hybridized carbons (Fsp3) is 0.385. The maximum atomic E-state index is 6.26. The van der Waals surface area contributed by atoms with Crippen LogP contribution in [0.15, 0.2) is 18.7 Å². The van der Waals surface area contributed by atoms with E-state index in [1.165, 1.54) is 0 Å². The summed E-state index contributed by atoms with van der Waals surface area (Å²) in [4.78, 5) is 0. The molecule has 0 unspecified atom stereocenters. The van der Waals surface area contributed by atoms with Gasteiger partial charge in [0.25, 0.3) is 0 Å². The van der Waals surface area contributed by atoms with Crippen LogP contribution in [0.25, 0.3) is 0 Å². The lowest BCUT2D eigenvalue weighted by atomic mass is 10.1. The van der Waals surface area contributed by atoms with Gasteiger partial charge < -0.3 is 14.2 Å². The second-order valence-corrected chi connectivity index (χ2v) is 3.87. The molecule has 0 bridgehead atoms. The maximum Gasteiger partial charge on any atom is 0.145 e. The molecule has 1 aromatic carbocycles. The third-order valence-electron chi connectivity index (χ3n) is 2.43. The Morgan fingerprint density at radius 3 is 2.47 bits per heavy atom. The van der Waals surface area contributed by atoms with Gasteiger partial charge in [-0.15, -0.1) is 6.58 Å². The van der Waals surface area contributed by atoms with E-state index in [4.69, 9.17) is 25.8 Å². The SMILES string of the molecule is C=CCc1c(OC)cc(COC)c(Cl)c1OC. The van der Waals surface area contributed by atoms with Crippen molar-refractivity contribution in [2.45, 2.75) is 13.0 Å². The van der Waals surface area contributed by atoms with E-state index in [9.17, 15) is 0 Å². The predicted molar refractivity (Wildman–Crippen MR) is 69.2 cm³/mol. The average Bonchev–Trinajstić information content (AvgIpc) is 2.33. The molecule has 94 valence electrons. The van der Waals surface area contributed by atoms with Crippen LogP contribution in [0.5, 0.6) is 11.5 Å². The average molecular weight is 257 g/mol. The molecule has 0 atom stereocenters. The maximum absolute atomic E-state index is 6.26. The molecule has 0 fully saturated rings. The quantitative estimate of drug-likeness (QED) is 0.732. The lowest BCUT2D eigenvalue weighted by Crippen LogP contribution is -2.01. The molecule has 0 aliphatic rings. The van der Waals surface area contributed by atoms with Gasteiger partial charge in [-0.05, 0) is 12.5 Å². The third kappa shape index (κ3) is 2.93. The molecule has 0 N–H and O–H groups in total. The molecule has 3 nitrogen and oxygen atoms in total. The van der Waals surface area contributed by atoms with Crippen molar-refractivity contribution in [1.82, 2.24) is 0 Å². The topological polar surface area (TPSA) is 27.7 Å². The zero-order chi connectivity index (χ0) is 12.8. The summed E-state index contributed by atoms with van der Waals surface area (Å²) in [6.45, 7) is 4.13. The Morgan fingerprint density at radius 2 is 2.00 bits per heavy atom. The lowest BCUT2D eigenvalue weighted by Gasteiger charge is -2.16. The van der Waals surface area contributed by atoms with Gasteiger partial charge in [0.05, 0.1) is 25.8 Å². The molecule has 0 aliphatic heterocycles. The molecule has 0 aliphatic carbocycles. The predicted octanol–water partition coefficient (Wildman–Crippen LogP) is 3.23. The van der Waals surface area contributed by atoms with Crippen molar-refractivity contribution in [3.05, 3.63) is 34.9 Å². The van der Waals surface area contributed by atoms with Crippen LogP contribution in [0.4, 0.5) is 0 Å². The molecular weight excluding hydrogens is 240 g/mol. The molecule has 0 spiro atoms. The van der Waals surface area contributed by atoms with Crippen molar-refractivity contribution in [1.29, 1.82) is 0 Å². The van der Waals surface area contributed by atoms with Gasteiger partial charge in [0.2, 0.25) is 0 Å². The molecule has 0 aromatic heterocycles. The highest BCUT2D eigenvalue weighted by Crippen LogP contribution is 2.39. The molecule has 0 heterocycles. The number of hydrogen-bond acceptors (Lipinski definition) is 3. The fourth-order valence-corrected chi connectivity index (χ4v) is 1.99. The standard InChI is InChI=1S/C13H17ClO3/c1-5-6-10-11(16-3)7-9(8-15-2)12(14)13(10)17-4/h5,7H,1,6,8H2,2-4H3. The summed E-state index contributed by atoms with van der Waals surface area (Å²) in [7, 11) is 4.82. The largest absolute Gasteiger partial charge is 0.496 e. The minimum atomic E-state index is 0.417. The summed E-state index contributed by atoms with van der Waals surface area (Å²) in [6.07, 6.45) is 2.42. The molecule has 0 saturated heterocycles. The fourth-order valence-electron chi connectivity index (χ4n) is 1.69. The molecular formula is C13H17ClO3. The highest BCUT2D eigenvalue weighted by molar-refractivity contribution is 6.33. The number of benzene rings is 1. The number of halogens is 1. The van der Waals surface area contributed by atoms with Gasteiger partial charge in [-0.25, -0.2) is 0 Å². The number of ether oxygens (including phenoxy) is 3. The van der Waals surface area contributed by atoms with Gasteiger partial charge in [0.1, 0.15) is 11.5 Å². The number of methoxy groups -OCH3 is 3. The van der Waals surface area contributed by atoms with Crippen molar-refractivity contribution in [3.8, 4) is 11.5 Å². The van der Waals surface area contributed by atoms with Gasteiger partial charge in [-0.1, -0.05) is 17.7 Å². The number of rotatable bonds is 6. The van der Waals surface area contributed by atoms with Crippen LogP contribution >= 0.6 is 11.6 Å². The van der Waals surface area contributed by atoms with Crippen LogP contribution < -0.4 is 9.47 Å². The normalized spacial score (nSPS) is 10.1. The summed E-state index contributed by atoms with van der Waals surface area (Å²) >= 11 is 6.26. The van der Waals surface area contributed by atoms with E-state index in [0.717, 1.165) is 16.9 Å². The number of hydrogen-bond donors (Lipinski definition) is 0. The second-order valence-electron chi connectivity index (χ2n) is 3.49. The third-order valence-corrected chi connectivity index (χ3v) is 2.84. The van der Waals surface area contributed by atoms with Gasteiger partial charge in [-0.3, -0.25) is 0 Å². The summed E-state index contributed by atoms with van der Waals surface area (Å²) in [5, 5.41) is 0.562. The van der Waals surface area contributed by atoms with E-state index < -0.39 is 0 Å². The Hall–Kier alpha value is -1.19. The first kappa shape index (κ1) is 13.9. The first-order chi connectivity index (χ1) is 8.19. The molecule has 1 aromatic rings. The Labute approximate surface area is 107 Å². The van der Waals surface area contributed by atoms with Crippen molar-refractivity contribution in [3.63, 3.8) is 0 Å². The highest BCUT2D eigenvalue weighted by atomic mass is 35.5. The summed E-state index contributed by atoms with van der Waals surface area (Å²) in [6, 6.07) is 1.87. The summed E-state index contributed by atoms with van der Waals surface area (Å²) in [5.74, 6) is 1.36. The molecule has 0 amide bonds. The zero-order valence-corrected chi connectivity index (χ0v) is 11.1. The van der Waals surface area contributed by atoms with Crippen molar-refractivity contribution < 1.29 is 14.2 Å². The van der Waals surface area contributed by atoms with Crippen LogP contribution in [-0.4, -0.2) is 21.3 Å². The zero-order valence-electron chi connectivity index (χ0n) is 10.4. The smallest absolute Gasteiger partial charge is 0.145 e. The number of allylic oxidation sites excluding steroid dienone is 1. The van der Waals surface area contributed by atoms with Gasteiger partial charge >= 0.3 is 0 Å². The van der Waals surface area contributed by atoms with E-state index in [1.54, 1.807) is 27.4 Å². The van der Waals surface area contributed by atoms with E-state index in [1.807, 2.05) is 6.07 Å². The van der Waals surface area contributed by atoms with Crippen LogP contribution in [0.3, 0.4) is 0 Å². The Morgan fingerprint density at radius 1 is 1.29 bits per heavy atom. The van der Waals surface area contributed by atoms with Crippen LogP contribution in [0, 0.1) is 0 Å². The molecule has 4 heteroatoms. The van der Waals surface area contributed by atoms with Crippen molar-refractivity contribution in [2.75, 3.05) is 21.3 Å². The summed E-state index contributed by atoms with van der Waals surface area (Å²) in [5.41, 5.74) is 1.74. The van der Waals surface area contributed by atoms with E-state index in [0.29, 0.717) is 23.8 Å². The summed E-state index contributed by atoms with van der Waals surface area (Å²) < 4.78 is 15.8. The van der Waals surface area contributed by atoms with E-state index in [2.05, 4.69) is 6.58 Å². The van der Waals surface area contributed by atoms with Crippen LogP contribution in [-0.2, 0) is 17.8 Å². The van der Waals surface area contributed by atoms with Gasteiger partial charge in [0, 0.05) is 18.2 Å². The van der Waals surface area contributed by atoms with E-state index >= 15 is 0 Å². The van der Waals surface area contributed by atoms with Crippen molar-refractivity contribution in [2.24, 2.45) is 0 Å². The molecule has 0 saturated carbocycles. The van der Waals surface area contributed by atoms with Crippen LogP contribution in [0.2, 0.25) is 5.02 Å². The van der Waals surface area contributed by atoms with Crippen LogP contribution in [0.1, 0.15) is 11.1 Å². The first-order valence-corrected chi connectivity index (χ1v) is 5.59. The highest BCUT2D eigenvalue weighted by Gasteiger charge is 2.17. The molecule has 0 radical (unpaired) electrons. The van der Waals surface area contributed by atoms with E-state index in [-0.39, 0.29) is 0 Å². The van der Waals surface area contributed by atoms with Crippen molar-refractivity contribution >= 4 is 11.6 Å². The monoisotopic (exact) mass is 256 g/mol. The Kier molecular flexibility index (Phi) is 5.32. The van der Waals surface area contributed by atoms with Gasteiger partial charge in [-0.2, -0.15) is 0 Å². The first-order valence-electron chi connectivity index (χ1n) is 5.21. The molecule has 17 heavy (non-hydrogen) atoms. The Bertz CT molecular complexity index is 402. The second kappa shape index (κ2) is 6.52.